The molecule has 0 aliphatic heterocycles. The first-order valence-electron chi connectivity index (χ1n) is 5.16. The van der Waals surface area contributed by atoms with Gasteiger partial charge in [-0.05, 0) is 77.1 Å². The fraction of sp³-hybridized carbons (Fsp3) is 0.400. The lowest BCUT2D eigenvalue weighted by molar-refractivity contribution is 0.174. The van der Waals surface area contributed by atoms with Crippen LogP contribution in [0.1, 0.15) is 13.3 Å². The largest absolute Gasteiger partial charge is 0.393 e. The molecule has 0 radical (unpaired) electrons. The molecule has 0 saturated heterocycles. The van der Waals surface area contributed by atoms with Crippen LogP contribution in [0.2, 0.25) is 0 Å². The maximum atomic E-state index is 9.28. The minimum atomic E-state index is -0.357. The number of fused-ring (bicyclic) bond motifs is 1. The van der Waals surface area contributed by atoms with E-state index in [4.69, 9.17) is 0 Å². The second-order valence-corrected chi connectivity index (χ2v) is 7.06. The van der Waals surface area contributed by atoms with Gasteiger partial charge >= 0.3 is 0 Å². The number of hydrogen-bond acceptors (Lipinski definition) is 3. The number of aromatic nitrogens is 3. The Balaban J connectivity index is 2.51. The Morgan fingerprint density at radius 2 is 1.44 bits per heavy atom. The van der Waals surface area contributed by atoms with Crippen molar-refractivity contribution in [2.75, 3.05) is 0 Å². The molecule has 0 saturated carbocycles. The average molecular weight is 507 g/mol. The highest BCUT2D eigenvalue weighted by molar-refractivity contribution is 9.15. The quantitative estimate of drug-likeness (QED) is 0.500. The normalized spacial score (nSPS) is 13.2. The standard InChI is InChI=1S/C10H9Br4N3O/c1-4(18)2-3-17-15-9-7(13)5(11)6(12)8(14)10(9)16-17/h4,18H,2-3H2,1H3/t4-/m1/s1. The molecule has 0 spiro atoms. The van der Waals surface area contributed by atoms with Crippen LogP contribution in [0, 0.1) is 0 Å². The van der Waals surface area contributed by atoms with Crippen LogP contribution in [0.5, 0.6) is 0 Å². The molecule has 2 aromatic rings. The molecule has 0 aliphatic rings. The Labute approximate surface area is 138 Å². The number of halogens is 4. The molecule has 0 amide bonds. The summed E-state index contributed by atoms with van der Waals surface area (Å²) in [5.74, 6) is 0. The van der Waals surface area contributed by atoms with Crippen molar-refractivity contribution in [1.29, 1.82) is 0 Å². The van der Waals surface area contributed by atoms with E-state index in [1.807, 2.05) is 0 Å². The zero-order valence-corrected chi connectivity index (χ0v) is 15.6. The van der Waals surface area contributed by atoms with Crippen LogP contribution in [0.15, 0.2) is 17.9 Å². The molecular weight excluding hydrogens is 498 g/mol. The van der Waals surface area contributed by atoms with E-state index < -0.39 is 0 Å². The van der Waals surface area contributed by atoms with Gasteiger partial charge < -0.3 is 5.11 Å². The van der Waals surface area contributed by atoms with Gasteiger partial charge in [0.25, 0.3) is 0 Å². The van der Waals surface area contributed by atoms with Gasteiger partial charge in [0.1, 0.15) is 11.0 Å². The minimum absolute atomic E-state index is 0.357. The molecule has 2 rings (SSSR count). The molecule has 1 aromatic heterocycles. The Hall–Kier alpha value is 0.500. The van der Waals surface area contributed by atoms with Crippen molar-refractivity contribution in [3.8, 4) is 0 Å². The van der Waals surface area contributed by atoms with Crippen LogP contribution in [-0.2, 0) is 6.54 Å². The number of hydrogen-bond donors (Lipinski definition) is 1. The molecule has 1 aromatic carbocycles. The van der Waals surface area contributed by atoms with Gasteiger partial charge in [0.15, 0.2) is 0 Å². The Morgan fingerprint density at radius 3 is 1.83 bits per heavy atom. The topological polar surface area (TPSA) is 50.9 Å². The predicted octanol–water partition coefficient (Wildman–Crippen LogP) is 4.25. The maximum Gasteiger partial charge on any atom is 0.129 e. The smallest absolute Gasteiger partial charge is 0.129 e. The molecular formula is C10H9Br4N3O. The van der Waals surface area contributed by atoms with Crippen LogP contribution >= 0.6 is 63.7 Å². The van der Waals surface area contributed by atoms with Gasteiger partial charge in [-0.25, -0.2) is 0 Å². The summed E-state index contributed by atoms with van der Waals surface area (Å²) < 4.78 is 3.50. The van der Waals surface area contributed by atoms with E-state index in [0.29, 0.717) is 13.0 Å². The molecule has 0 unspecified atom stereocenters. The molecule has 0 bridgehead atoms. The maximum absolute atomic E-state index is 9.28. The summed E-state index contributed by atoms with van der Waals surface area (Å²) in [5, 5.41) is 18.1. The lowest BCUT2D eigenvalue weighted by atomic mass is 10.3. The first-order valence-corrected chi connectivity index (χ1v) is 8.34. The van der Waals surface area contributed by atoms with Crippen molar-refractivity contribution < 1.29 is 5.11 Å². The third-order valence-electron chi connectivity index (χ3n) is 2.40. The lowest BCUT2D eigenvalue weighted by Gasteiger charge is -2.02. The molecule has 1 N–H and O–H groups in total. The van der Waals surface area contributed by atoms with Crippen molar-refractivity contribution in [2.45, 2.75) is 26.0 Å². The van der Waals surface area contributed by atoms with Crippen LogP contribution in [-0.4, -0.2) is 26.2 Å². The van der Waals surface area contributed by atoms with Gasteiger partial charge in [-0.15, -0.1) is 0 Å². The van der Waals surface area contributed by atoms with Gasteiger partial charge in [-0.2, -0.15) is 15.0 Å². The van der Waals surface area contributed by atoms with Crippen molar-refractivity contribution in [3.63, 3.8) is 0 Å². The van der Waals surface area contributed by atoms with E-state index in [2.05, 4.69) is 73.9 Å². The second kappa shape index (κ2) is 5.87. The number of aryl methyl sites for hydroxylation is 1. The van der Waals surface area contributed by atoms with Crippen LogP contribution in [0.4, 0.5) is 0 Å². The predicted molar refractivity (Wildman–Crippen MR) is 84.6 cm³/mol. The van der Waals surface area contributed by atoms with E-state index in [1.165, 1.54) is 0 Å². The number of aliphatic hydroxyl groups excluding tert-OH is 1. The number of rotatable bonds is 3. The van der Waals surface area contributed by atoms with Gasteiger partial charge in [0, 0.05) is 8.95 Å². The SMILES string of the molecule is C[C@@H](O)CCn1nc2c(Br)c(Br)c(Br)c(Br)c2n1. The number of aliphatic hydroxyl groups is 1. The van der Waals surface area contributed by atoms with Crippen molar-refractivity contribution in [2.24, 2.45) is 0 Å². The summed E-state index contributed by atoms with van der Waals surface area (Å²) in [7, 11) is 0. The van der Waals surface area contributed by atoms with E-state index in [9.17, 15) is 5.11 Å². The number of nitrogens with zero attached hydrogens (tertiary/aromatic N) is 3. The van der Waals surface area contributed by atoms with Crippen molar-refractivity contribution in [1.82, 2.24) is 15.0 Å². The third-order valence-corrected chi connectivity index (χ3v) is 7.12. The van der Waals surface area contributed by atoms with E-state index in [0.717, 1.165) is 28.9 Å². The summed E-state index contributed by atoms with van der Waals surface area (Å²) >= 11 is 14.0. The molecule has 0 fully saturated rings. The van der Waals surface area contributed by atoms with Gasteiger partial charge in [0.05, 0.1) is 21.6 Å². The zero-order chi connectivity index (χ0) is 13.4. The minimum Gasteiger partial charge on any atom is -0.393 e. The highest BCUT2D eigenvalue weighted by atomic mass is 79.9. The van der Waals surface area contributed by atoms with Crippen LogP contribution < -0.4 is 0 Å². The van der Waals surface area contributed by atoms with Crippen LogP contribution in [0.3, 0.4) is 0 Å². The zero-order valence-electron chi connectivity index (χ0n) is 9.29. The summed E-state index contributed by atoms with van der Waals surface area (Å²) in [4.78, 5) is 1.60. The molecule has 0 aliphatic carbocycles. The first-order chi connectivity index (χ1) is 8.41. The fourth-order valence-corrected chi connectivity index (χ4v) is 3.68. The molecule has 1 atom stereocenters. The average Bonchev–Trinajstić information content (AvgIpc) is 2.75. The van der Waals surface area contributed by atoms with E-state index >= 15 is 0 Å². The second-order valence-electron chi connectivity index (χ2n) is 3.89. The van der Waals surface area contributed by atoms with Gasteiger partial charge in [0.2, 0.25) is 0 Å². The van der Waals surface area contributed by atoms with Crippen molar-refractivity contribution in [3.05, 3.63) is 17.9 Å². The molecule has 98 valence electrons. The molecule has 8 heteroatoms. The number of benzene rings is 1. The third kappa shape index (κ3) is 2.82. The Kier molecular flexibility index (Phi) is 4.86. The summed E-state index contributed by atoms with van der Waals surface area (Å²) in [6.45, 7) is 2.34. The fourth-order valence-electron chi connectivity index (χ4n) is 1.45. The summed E-state index contributed by atoms with van der Waals surface area (Å²) in [6.07, 6.45) is 0.267. The highest BCUT2D eigenvalue weighted by Crippen LogP contribution is 2.42. The Bertz CT molecular complexity index is 552. The van der Waals surface area contributed by atoms with E-state index in [1.54, 1.807) is 11.7 Å². The highest BCUT2D eigenvalue weighted by Gasteiger charge is 2.18. The lowest BCUT2D eigenvalue weighted by Crippen LogP contribution is -2.09. The summed E-state index contributed by atoms with van der Waals surface area (Å²) in [5.41, 5.74) is 1.56. The van der Waals surface area contributed by atoms with Crippen molar-refractivity contribution >= 4 is 74.8 Å². The first kappa shape index (κ1) is 14.9. The summed E-state index contributed by atoms with van der Waals surface area (Å²) in [6, 6.07) is 0. The van der Waals surface area contributed by atoms with Gasteiger partial charge in [-0.1, -0.05) is 0 Å². The molecule has 1 heterocycles. The molecule has 4 nitrogen and oxygen atoms in total. The van der Waals surface area contributed by atoms with Gasteiger partial charge in [-0.3, -0.25) is 0 Å². The Morgan fingerprint density at radius 1 is 1.00 bits per heavy atom. The molecule has 18 heavy (non-hydrogen) atoms. The van der Waals surface area contributed by atoms with E-state index in [-0.39, 0.29) is 6.10 Å². The monoisotopic (exact) mass is 503 g/mol. The van der Waals surface area contributed by atoms with Crippen LogP contribution in [0.25, 0.3) is 11.0 Å².